The van der Waals surface area contributed by atoms with Gasteiger partial charge in [0, 0.05) is 38.1 Å². The van der Waals surface area contributed by atoms with Gasteiger partial charge in [-0.25, -0.2) is 0 Å². The Kier molecular flexibility index (Phi) is 5.32. The predicted octanol–water partition coefficient (Wildman–Crippen LogP) is 2.16. The number of carboxylic acid groups (broad SMARTS) is 1. The monoisotopic (exact) mass is 222 g/mol. The van der Waals surface area contributed by atoms with E-state index in [2.05, 4.69) is 9.88 Å². The molecule has 1 heterocycles. The number of aromatic nitrogens is 1. The van der Waals surface area contributed by atoms with Gasteiger partial charge in [-0.15, -0.1) is 0 Å². The quantitative estimate of drug-likeness (QED) is 0.718. The number of anilines is 1. The van der Waals surface area contributed by atoms with Gasteiger partial charge in [0.05, 0.1) is 0 Å². The SMILES string of the molecule is CN(CCCCCC(=O)O)c1ccncc1. The van der Waals surface area contributed by atoms with E-state index in [9.17, 15) is 4.79 Å². The van der Waals surface area contributed by atoms with Crippen molar-refractivity contribution in [1.82, 2.24) is 4.98 Å². The standard InChI is InChI=1S/C12H18N2O2/c1-14(11-6-8-13-9-7-11)10-4-2-3-5-12(15)16/h6-9H,2-5,10H2,1H3,(H,15,16). The summed E-state index contributed by atoms with van der Waals surface area (Å²) in [6.45, 7) is 0.948. The minimum absolute atomic E-state index is 0.277. The van der Waals surface area contributed by atoms with Gasteiger partial charge in [-0.1, -0.05) is 6.42 Å². The first-order chi connectivity index (χ1) is 7.70. The van der Waals surface area contributed by atoms with Crippen molar-refractivity contribution in [2.75, 3.05) is 18.5 Å². The molecule has 4 heteroatoms. The number of rotatable bonds is 7. The fraction of sp³-hybridized carbons (Fsp3) is 0.500. The maximum absolute atomic E-state index is 10.3. The molecule has 4 nitrogen and oxygen atoms in total. The van der Waals surface area contributed by atoms with Gasteiger partial charge in [0.1, 0.15) is 0 Å². The molecule has 0 fully saturated rings. The van der Waals surface area contributed by atoms with Crippen LogP contribution in [0.3, 0.4) is 0 Å². The number of carbonyl (C=O) groups is 1. The van der Waals surface area contributed by atoms with Crippen molar-refractivity contribution in [3.8, 4) is 0 Å². The van der Waals surface area contributed by atoms with E-state index in [-0.39, 0.29) is 6.42 Å². The average Bonchev–Trinajstić information content (AvgIpc) is 2.29. The van der Waals surface area contributed by atoms with Crippen molar-refractivity contribution in [1.29, 1.82) is 0 Å². The number of pyridine rings is 1. The van der Waals surface area contributed by atoms with Crippen LogP contribution in [0.4, 0.5) is 5.69 Å². The molecule has 0 aliphatic heterocycles. The summed E-state index contributed by atoms with van der Waals surface area (Å²) in [6, 6.07) is 3.94. The van der Waals surface area contributed by atoms with Gasteiger partial charge >= 0.3 is 5.97 Å². The first kappa shape index (κ1) is 12.5. The van der Waals surface area contributed by atoms with Crippen LogP contribution >= 0.6 is 0 Å². The topological polar surface area (TPSA) is 53.4 Å². The van der Waals surface area contributed by atoms with Crippen LogP contribution in [0.2, 0.25) is 0 Å². The Morgan fingerprint density at radius 1 is 1.31 bits per heavy atom. The fourth-order valence-corrected chi connectivity index (χ4v) is 1.53. The van der Waals surface area contributed by atoms with Crippen LogP contribution in [0.1, 0.15) is 25.7 Å². The third-order valence-electron chi connectivity index (χ3n) is 2.49. The summed E-state index contributed by atoms with van der Waals surface area (Å²) in [7, 11) is 2.03. The largest absolute Gasteiger partial charge is 0.481 e. The minimum atomic E-state index is -0.706. The number of aliphatic carboxylic acids is 1. The number of unbranched alkanes of at least 4 members (excludes halogenated alkanes) is 2. The Morgan fingerprint density at radius 2 is 2.00 bits per heavy atom. The molecule has 0 amide bonds. The van der Waals surface area contributed by atoms with Gasteiger partial charge in [-0.2, -0.15) is 0 Å². The van der Waals surface area contributed by atoms with E-state index in [1.54, 1.807) is 12.4 Å². The Labute approximate surface area is 95.9 Å². The van der Waals surface area contributed by atoms with Crippen LogP contribution in [-0.4, -0.2) is 29.7 Å². The molecule has 0 saturated heterocycles. The summed E-state index contributed by atoms with van der Waals surface area (Å²) >= 11 is 0. The third-order valence-corrected chi connectivity index (χ3v) is 2.49. The minimum Gasteiger partial charge on any atom is -0.481 e. The molecule has 0 aromatic carbocycles. The number of nitrogens with zero attached hydrogens (tertiary/aromatic N) is 2. The number of hydrogen-bond donors (Lipinski definition) is 1. The highest BCUT2D eigenvalue weighted by molar-refractivity contribution is 5.66. The van der Waals surface area contributed by atoms with E-state index in [0.29, 0.717) is 0 Å². The van der Waals surface area contributed by atoms with Crippen molar-refractivity contribution in [2.45, 2.75) is 25.7 Å². The Balaban J connectivity index is 2.16. The molecule has 1 N–H and O–H groups in total. The highest BCUT2D eigenvalue weighted by Gasteiger charge is 2.00. The summed E-state index contributed by atoms with van der Waals surface area (Å²) in [4.78, 5) is 16.4. The number of carboxylic acids is 1. The molecular formula is C12H18N2O2. The van der Waals surface area contributed by atoms with Gasteiger partial charge in [-0.3, -0.25) is 9.78 Å². The highest BCUT2D eigenvalue weighted by atomic mass is 16.4. The summed E-state index contributed by atoms with van der Waals surface area (Å²) < 4.78 is 0. The molecule has 0 atom stereocenters. The average molecular weight is 222 g/mol. The highest BCUT2D eigenvalue weighted by Crippen LogP contribution is 2.11. The zero-order chi connectivity index (χ0) is 11.8. The lowest BCUT2D eigenvalue weighted by Gasteiger charge is -2.18. The molecule has 1 aromatic heterocycles. The smallest absolute Gasteiger partial charge is 0.303 e. The van der Waals surface area contributed by atoms with Crippen LogP contribution in [0, 0.1) is 0 Å². The lowest BCUT2D eigenvalue weighted by Crippen LogP contribution is -2.18. The molecule has 0 unspecified atom stereocenters. The molecular weight excluding hydrogens is 204 g/mol. The maximum Gasteiger partial charge on any atom is 0.303 e. The van der Waals surface area contributed by atoms with Gasteiger partial charge < -0.3 is 10.0 Å². The summed E-state index contributed by atoms with van der Waals surface area (Å²) in [6.07, 6.45) is 6.57. The molecule has 0 radical (unpaired) electrons. The third kappa shape index (κ3) is 4.77. The van der Waals surface area contributed by atoms with Crippen LogP contribution < -0.4 is 4.90 Å². The summed E-state index contributed by atoms with van der Waals surface area (Å²) in [5.41, 5.74) is 1.15. The van der Waals surface area contributed by atoms with E-state index in [4.69, 9.17) is 5.11 Å². The zero-order valence-electron chi connectivity index (χ0n) is 9.59. The first-order valence-electron chi connectivity index (χ1n) is 5.53. The van der Waals surface area contributed by atoms with Gasteiger partial charge in [0.2, 0.25) is 0 Å². The van der Waals surface area contributed by atoms with E-state index < -0.39 is 5.97 Å². The number of hydrogen-bond acceptors (Lipinski definition) is 3. The summed E-state index contributed by atoms with van der Waals surface area (Å²) in [5, 5.41) is 8.48. The summed E-state index contributed by atoms with van der Waals surface area (Å²) in [5.74, 6) is -0.706. The first-order valence-corrected chi connectivity index (χ1v) is 5.53. The van der Waals surface area contributed by atoms with Gasteiger partial charge in [0.15, 0.2) is 0 Å². The Bertz CT molecular complexity index is 314. The van der Waals surface area contributed by atoms with E-state index in [1.807, 2.05) is 19.2 Å². The molecule has 1 rings (SSSR count). The van der Waals surface area contributed by atoms with Crippen LogP contribution in [0.25, 0.3) is 0 Å². The lowest BCUT2D eigenvalue weighted by molar-refractivity contribution is -0.137. The second-order valence-electron chi connectivity index (χ2n) is 3.83. The van der Waals surface area contributed by atoms with Crippen LogP contribution in [-0.2, 0) is 4.79 Å². The van der Waals surface area contributed by atoms with Crippen molar-refractivity contribution < 1.29 is 9.90 Å². The second kappa shape index (κ2) is 6.82. The van der Waals surface area contributed by atoms with Crippen LogP contribution in [0.5, 0.6) is 0 Å². The molecule has 0 aliphatic carbocycles. The fourth-order valence-electron chi connectivity index (χ4n) is 1.53. The molecule has 0 saturated carbocycles. The Hall–Kier alpha value is -1.58. The second-order valence-corrected chi connectivity index (χ2v) is 3.83. The molecule has 0 aliphatic rings. The van der Waals surface area contributed by atoms with Crippen molar-refractivity contribution >= 4 is 11.7 Å². The van der Waals surface area contributed by atoms with Crippen molar-refractivity contribution in [3.05, 3.63) is 24.5 Å². The zero-order valence-corrected chi connectivity index (χ0v) is 9.59. The molecule has 88 valence electrons. The Morgan fingerprint density at radius 3 is 2.62 bits per heavy atom. The molecule has 16 heavy (non-hydrogen) atoms. The van der Waals surface area contributed by atoms with Crippen molar-refractivity contribution in [3.63, 3.8) is 0 Å². The molecule has 0 spiro atoms. The maximum atomic E-state index is 10.3. The predicted molar refractivity (Wildman–Crippen MR) is 63.6 cm³/mol. The van der Waals surface area contributed by atoms with E-state index in [0.717, 1.165) is 31.5 Å². The molecule has 1 aromatic rings. The van der Waals surface area contributed by atoms with E-state index in [1.165, 1.54) is 0 Å². The normalized spacial score (nSPS) is 10.1. The van der Waals surface area contributed by atoms with E-state index >= 15 is 0 Å². The van der Waals surface area contributed by atoms with Crippen LogP contribution in [0.15, 0.2) is 24.5 Å². The van der Waals surface area contributed by atoms with Crippen molar-refractivity contribution in [2.24, 2.45) is 0 Å². The lowest BCUT2D eigenvalue weighted by atomic mass is 10.2. The van der Waals surface area contributed by atoms with Gasteiger partial charge in [-0.05, 0) is 25.0 Å². The molecule has 0 bridgehead atoms. The van der Waals surface area contributed by atoms with Gasteiger partial charge in [0.25, 0.3) is 0 Å².